The van der Waals surface area contributed by atoms with E-state index in [2.05, 4.69) is 11.9 Å². The maximum atomic E-state index is 12.3. The largest absolute Gasteiger partial charge is 0.367 e. The van der Waals surface area contributed by atoms with Gasteiger partial charge < -0.3 is 15.6 Å². The second kappa shape index (κ2) is 4.92. The zero-order valence-electron chi connectivity index (χ0n) is 10.4. The summed E-state index contributed by atoms with van der Waals surface area (Å²) in [5.41, 5.74) is 6.73. The summed E-state index contributed by atoms with van der Waals surface area (Å²) in [5, 5.41) is 0. The Balaban J connectivity index is 2.06. The van der Waals surface area contributed by atoms with Crippen molar-refractivity contribution in [1.29, 1.82) is 0 Å². The molecular weight excluding hydrogens is 214 g/mol. The van der Waals surface area contributed by atoms with Gasteiger partial charge in [0.2, 0.25) is 5.91 Å². The van der Waals surface area contributed by atoms with Crippen LogP contribution in [0.15, 0.2) is 18.5 Å². The van der Waals surface area contributed by atoms with E-state index in [9.17, 15) is 4.79 Å². The zero-order valence-corrected chi connectivity index (χ0v) is 10.4. The van der Waals surface area contributed by atoms with Gasteiger partial charge in [0.1, 0.15) is 0 Å². The molecule has 1 aliphatic rings. The monoisotopic (exact) mass is 235 g/mol. The molecule has 3 N–H and O–H groups in total. The van der Waals surface area contributed by atoms with Gasteiger partial charge in [-0.15, -0.1) is 0 Å². The molecule has 4 nitrogen and oxygen atoms in total. The topological polar surface area (TPSA) is 62.1 Å². The van der Waals surface area contributed by atoms with Gasteiger partial charge in [0.05, 0.1) is 12.0 Å². The van der Waals surface area contributed by atoms with Crippen molar-refractivity contribution in [3.8, 4) is 0 Å². The second-order valence-electron chi connectivity index (χ2n) is 5.10. The van der Waals surface area contributed by atoms with Crippen molar-refractivity contribution < 1.29 is 4.79 Å². The van der Waals surface area contributed by atoms with Crippen LogP contribution in [0.1, 0.15) is 31.7 Å². The van der Waals surface area contributed by atoms with Crippen LogP contribution in [0.3, 0.4) is 0 Å². The van der Waals surface area contributed by atoms with Gasteiger partial charge in [0.25, 0.3) is 0 Å². The van der Waals surface area contributed by atoms with Crippen LogP contribution < -0.4 is 5.73 Å². The van der Waals surface area contributed by atoms with E-state index in [1.807, 2.05) is 23.4 Å². The fourth-order valence-electron chi connectivity index (χ4n) is 2.56. The highest BCUT2D eigenvalue weighted by Gasteiger charge is 2.35. The molecule has 0 radical (unpaired) electrons. The summed E-state index contributed by atoms with van der Waals surface area (Å²) in [5.74, 6) is 0.192. The lowest BCUT2D eigenvalue weighted by Gasteiger charge is -2.44. The average molecular weight is 235 g/mol. The first kappa shape index (κ1) is 12.2. The summed E-state index contributed by atoms with van der Waals surface area (Å²) in [6, 6.07) is 1.95. The molecule has 1 atom stereocenters. The Bertz CT molecular complexity index is 374. The van der Waals surface area contributed by atoms with Crippen LogP contribution in [-0.2, 0) is 11.2 Å². The summed E-state index contributed by atoms with van der Waals surface area (Å²) >= 11 is 0. The lowest BCUT2D eigenvalue weighted by atomic mass is 9.88. The number of hydrogen-bond donors (Lipinski definition) is 2. The number of H-pyrrole nitrogens is 1. The number of piperidine rings is 1. The molecule has 1 saturated heterocycles. The molecule has 1 aliphatic heterocycles. The number of aromatic amines is 1. The lowest BCUT2D eigenvalue weighted by molar-refractivity contribution is -0.138. The third-order valence-electron chi connectivity index (χ3n) is 3.76. The van der Waals surface area contributed by atoms with Gasteiger partial charge >= 0.3 is 0 Å². The molecule has 0 aromatic carbocycles. The molecule has 1 aromatic rings. The fourth-order valence-corrected chi connectivity index (χ4v) is 2.56. The Morgan fingerprint density at radius 1 is 1.59 bits per heavy atom. The van der Waals surface area contributed by atoms with Gasteiger partial charge in [0, 0.05) is 25.5 Å². The number of carbonyl (C=O) groups is 1. The summed E-state index contributed by atoms with van der Waals surface area (Å²) < 4.78 is 0. The van der Waals surface area contributed by atoms with Crippen LogP contribution >= 0.6 is 0 Å². The number of nitrogens with one attached hydrogen (secondary N) is 1. The number of hydrogen-bond acceptors (Lipinski definition) is 2. The highest BCUT2D eigenvalue weighted by Crippen LogP contribution is 2.27. The van der Waals surface area contributed by atoms with Gasteiger partial charge in [-0.2, -0.15) is 0 Å². The van der Waals surface area contributed by atoms with Gasteiger partial charge in [-0.1, -0.05) is 0 Å². The summed E-state index contributed by atoms with van der Waals surface area (Å²) in [7, 11) is 0. The quantitative estimate of drug-likeness (QED) is 0.829. The third kappa shape index (κ3) is 2.52. The number of carbonyl (C=O) groups excluding carboxylic acids is 1. The first-order valence-corrected chi connectivity index (χ1v) is 6.28. The molecule has 1 amide bonds. The average Bonchev–Trinajstić information content (AvgIpc) is 2.82. The molecule has 1 aromatic heterocycles. The number of rotatable bonds is 3. The van der Waals surface area contributed by atoms with Gasteiger partial charge in [0.15, 0.2) is 0 Å². The van der Waals surface area contributed by atoms with Crippen molar-refractivity contribution in [2.24, 2.45) is 5.73 Å². The number of nitrogens with zero attached hydrogens (tertiary/aromatic N) is 1. The molecule has 2 heterocycles. The predicted molar refractivity (Wildman–Crippen MR) is 67.5 cm³/mol. The fraction of sp³-hybridized carbons (Fsp3) is 0.615. The molecule has 4 heteroatoms. The molecular formula is C13H21N3O. The van der Waals surface area contributed by atoms with E-state index in [4.69, 9.17) is 5.73 Å². The SMILES string of the molecule is CC1(CN)CCCCN1C(=O)Cc1cc[nH]c1. The highest BCUT2D eigenvalue weighted by atomic mass is 16.2. The number of amides is 1. The molecule has 0 saturated carbocycles. The van der Waals surface area contributed by atoms with E-state index in [0.29, 0.717) is 13.0 Å². The normalized spacial score (nSPS) is 24.9. The van der Waals surface area contributed by atoms with Gasteiger partial charge in [-0.05, 0) is 37.8 Å². The minimum atomic E-state index is -0.147. The van der Waals surface area contributed by atoms with Crippen LogP contribution in [0.5, 0.6) is 0 Å². The van der Waals surface area contributed by atoms with Gasteiger partial charge in [-0.3, -0.25) is 4.79 Å². The molecule has 0 aliphatic carbocycles. The maximum absolute atomic E-state index is 12.3. The summed E-state index contributed by atoms with van der Waals surface area (Å²) in [6.45, 7) is 3.49. The third-order valence-corrected chi connectivity index (χ3v) is 3.76. The van der Waals surface area contributed by atoms with Crippen LogP contribution in [0.25, 0.3) is 0 Å². The van der Waals surface area contributed by atoms with E-state index in [-0.39, 0.29) is 11.4 Å². The molecule has 0 spiro atoms. The van der Waals surface area contributed by atoms with Crippen LogP contribution in [0.4, 0.5) is 0 Å². The van der Waals surface area contributed by atoms with Crippen molar-refractivity contribution >= 4 is 5.91 Å². The van der Waals surface area contributed by atoms with Crippen molar-refractivity contribution in [2.75, 3.05) is 13.1 Å². The lowest BCUT2D eigenvalue weighted by Crippen LogP contribution is -2.57. The molecule has 2 rings (SSSR count). The minimum Gasteiger partial charge on any atom is -0.367 e. The first-order valence-electron chi connectivity index (χ1n) is 6.28. The van der Waals surface area contributed by atoms with Crippen molar-refractivity contribution in [3.63, 3.8) is 0 Å². The predicted octanol–water partition coefficient (Wildman–Crippen LogP) is 1.29. The Morgan fingerprint density at radius 2 is 2.41 bits per heavy atom. The van der Waals surface area contributed by atoms with E-state index < -0.39 is 0 Å². The van der Waals surface area contributed by atoms with E-state index in [0.717, 1.165) is 24.9 Å². The molecule has 1 unspecified atom stereocenters. The van der Waals surface area contributed by atoms with Crippen LogP contribution in [-0.4, -0.2) is 34.4 Å². The summed E-state index contributed by atoms with van der Waals surface area (Å²) in [4.78, 5) is 17.2. The Kier molecular flexibility index (Phi) is 3.52. The smallest absolute Gasteiger partial charge is 0.227 e. The maximum Gasteiger partial charge on any atom is 0.227 e. The summed E-state index contributed by atoms with van der Waals surface area (Å²) in [6.07, 6.45) is 7.47. The van der Waals surface area contributed by atoms with Crippen molar-refractivity contribution in [1.82, 2.24) is 9.88 Å². The molecule has 0 bridgehead atoms. The number of nitrogens with two attached hydrogens (primary N) is 1. The van der Waals surface area contributed by atoms with Crippen molar-refractivity contribution in [3.05, 3.63) is 24.0 Å². The standard InChI is InChI=1S/C13H21N3O/c1-13(10-14)5-2-3-7-16(13)12(17)8-11-4-6-15-9-11/h4,6,9,15H,2-3,5,7-8,10,14H2,1H3. The Hall–Kier alpha value is -1.29. The molecule has 94 valence electrons. The zero-order chi connectivity index (χ0) is 12.3. The number of aromatic nitrogens is 1. The minimum absolute atomic E-state index is 0.147. The van der Waals surface area contributed by atoms with E-state index >= 15 is 0 Å². The Labute approximate surface area is 102 Å². The number of likely N-dealkylation sites (tertiary alicyclic amines) is 1. The Morgan fingerprint density at radius 3 is 3.06 bits per heavy atom. The molecule has 1 fully saturated rings. The molecule has 17 heavy (non-hydrogen) atoms. The highest BCUT2D eigenvalue weighted by molar-refractivity contribution is 5.79. The first-order chi connectivity index (χ1) is 8.15. The van der Waals surface area contributed by atoms with E-state index in [1.54, 1.807) is 0 Å². The van der Waals surface area contributed by atoms with Crippen LogP contribution in [0.2, 0.25) is 0 Å². The van der Waals surface area contributed by atoms with E-state index in [1.165, 1.54) is 6.42 Å². The van der Waals surface area contributed by atoms with Gasteiger partial charge in [-0.25, -0.2) is 0 Å². The van der Waals surface area contributed by atoms with Crippen molar-refractivity contribution in [2.45, 2.75) is 38.1 Å². The second-order valence-corrected chi connectivity index (χ2v) is 5.10. The van der Waals surface area contributed by atoms with Crippen LogP contribution in [0, 0.1) is 0 Å².